The van der Waals surface area contributed by atoms with Crippen molar-refractivity contribution in [2.75, 3.05) is 23.7 Å². The number of amides is 2. The molecule has 0 atom stereocenters. The maximum absolute atomic E-state index is 13.2. The lowest BCUT2D eigenvalue weighted by atomic mass is 10.2. The molecule has 4 rings (SSSR count). The van der Waals surface area contributed by atoms with Gasteiger partial charge < -0.3 is 10.6 Å². The van der Waals surface area contributed by atoms with Crippen molar-refractivity contribution in [3.05, 3.63) is 53.1 Å². The van der Waals surface area contributed by atoms with Crippen molar-refractivity contribution in [1.29, 1.82) is 0 Å². The number of sulfonamides is 1. The van der Waals surface area contributed by atoms with E-state index in [-0.39, 0.29) is 27.3 Å². The van der Waals surface area contributed by atoms with Gasteiger partial charge in [-0.15, -0.1) is 0 Å². The Morgan fingerprint density at radius 3 is 2.22 bits per heavy atom. The Balaban J connectivity index is 1.51. The van der Waals surface area contributed by atoms with E-state index in [1.54, 1.807) is 24.3 Å². The first-order valence-corrected chi connectivity index (χ1v) is 12.7. The number of rotatable bonds is 6. The van der Waals surface area contributed by atoms with E-state index in [1.165, 1.54) is 22.5 Å². The molecule has 7 nitrogen and oxygen atoms in total. The molecule has 2 amide bonds. The average Bonchev–Trinajstić information content (AvgIpc) is 3.61. The van der Waals surface area contributed by atoms with Gasteiger partial charge in [-0.3, -0.25) is 9.59 Å². The predicted molar refractivity (Wildman–Crippen MR) is 124 cm³/mol. The zero-order chi connectivity index (χ0) is 22.7. The fourth-order valence-electron chi connectivity index (χ4n) is 3.73. The van der Waals surface area contributed by atoms with Gasteiger partial charge in [0.1, 0.15) is 4.90 Å². The second kappa shape index (κ2) is 9.60. The topological polar surface area (TPSA) is 95.6 Å². The number of carbonyl (C=O) groups is 2. The van der Waals surface area contributed by atoms with Crippen LogP contribution in [-0.4, -0.2) is 37.6 Å². The van der Waals surface area contributed by atoms with Crippen molar-refractivity contribution in [3.63, 3.8) is 0 Å². The second-order valence-electron chi connectivity index (χ2n) is 8.26. The first-order chi connectivity index (χ1) is 15.3. The first kappa shape index (κ1) is 22.8. The SMILES string of the molecule is O=C(Nc1cccc(NC(=O)C2CC2)c1)c1ccc(Cl)c(S(=O)(=O)N2CCCCCC2)c1. The Hall–Kier alpha value is -2.42. The molecule has 1 saturated carbocycles. The van der Waals surface area contributed by atoms with Crippen LogP contribution < -0.4 is 10.6 Å². The molecule has 9 heteroatoms. The monoisotopic (exact) mass is 475 g/mol. The number of nitrogens with zero attached hydrogens (tertiary/aromatic N) is 1. The number of hydrogen-bond acceptors (Lipinski definition) is 4. The highest BCUT2D eigenvalue weighted by Gasteiger charge is 2.30. The van der Waals surface area contributed by atoms with E-state index in [2.05, 4.69) is 10.6 Å². The number of benzene rings is 2. The smallest absolute Gasteiger partial charge is 0.255 e. The van der Waals surface area contributed by atoms with Crippen LogP contribution >= 0.6 is 11.6 Å². The molecule has 0 unspecified atom stereocenters. The van der Waals surface area contributed by atoms with Crippen molar-refractivity contribution in [2.45, 2.75) is 43.4 Å². The van der Waals surface area contributed by atoms with Crippen LogP contribution in [0.5, 0.6) is 0 Å². The van der Waals surface area contributed by atoms with Gasteiger partial charge in [-0.1, -0.05) is 30.5 Å². The summed E-state index contributed by atoms with van der Waals surface area (Å²) in [6.45, 7) is 0.906. The van der Waals surface area contributed by atoms with Gasteiger partial charge in [0, 0.05) is 35.9 Å². The van der Waals surface area contributed by atoms with Crippen LogP contribution in [0.2, 0.25) is 5.02 Å². The minimum Gasteiger partial charge on any atom is -0.326 e. The maximum Gasteiger partial charge on any atom is 0.255 e. The number of anilines is 2. The summed E-state index contributed by atoms with van der Waals surface area (Å²) in [6.07, 6.45) is 5.43. The Morgan fingerprint density at radius 1 is 0.906 bits per heavy atom. The van der Waals surface area contributed by atoms with E-state index in [0.29, 0.717) is 24.5 Å². The molecule has 1 saturated heterocycles. The van der Waals surface area contributed by atoms with E-state index >= 15 is 0 Å². The summed E-state index contributed by atoms with van der Waals surface area (Å²) in [4.78, 5) is 24.8. The first-order valence-electron chi connectivity index (χ1n) is 10.9. The van der Waals surface area contributed by atoms with Gasteiger partial charge in [0.05, 0.1) is 5.02 Å². The molecule has 2 aromatic rings. The third-order valence-corrected chi connectivity index (χ3v) is 8.09. The molecule has 32 heavy (non-hydrogen) atoms. The lowest BCUT2D eigenvalue weighted by Crippen LogP contribution is -2.32. The van der Waals surface area contributed by atoms with Crippen LogP contribution in [0.25, 0.3) is 0 Å². The zero-order valence-corrected chi connectivity index (χ0v) is 19.2. The molecule has 1 heterocycles. The molecule has 2 aromatic carbocycles. The molecule has 0 spiro atoms. The summed E-state index contributed by atoms with van der Waals surface area (Å²) in [5.74, 6) is -0.402. The van der Waals surface area contributed by atoms with Crippen LogP contribution in [0.3, 0.4) is 0 Å². The fraction of sp³-hybridized carbons (Fsp3) is 0.391. The number of carbonyl (C=O) groups excluding carboxylic acids is 2. The number of hydrogen-bond donors (Lipinski definition) is 2. The standard InChI is InChI=1S/C23H26ClN3O4S/c24-20-11-10-17(14-21(20)32(30,31)27-12-3-1-2-4-13-27)23(29)26-19-7-5-6-18(15-19)25-22(28)16-8-9-16/h5-7,10-11,14-16H,1-4,8-9,12-13H2,(H,25,28)(H,26,29). The maximum atomic E-state index is 13.2. The van der Waals surface area contributed by atoms with Gasteiger partial charge in [-0.05, 0) is 62.1 Å². The van der Waals surface area contributed by atoms with Crippen LogP contribution in [0.1, 0.15) is 48.9 Å². The summed E-state index contributed by atoms with van der Waals surface area (Å²) < 4.78 is 27.8. The van der Waals surface area contributed by atoms with Gasteiger partial charge in [-0.2, -0.15) is 4.31 Å². The lowest BCUT2D eigenvalue weighted by molar-refractivity contribution is -0.117. The largest absolute Gasteiger partial charge is 0.326 e. The quantitative estimate of drug-likeness (QED) is 0.642. The van der Waals surface area contributed by atoms with Crippen molar-refractivity contribution in [2.24, 2.45) is 5.92 Å². The van der Waals surface area contributed by atoms with Gasteiger partial charge >= 0.3 is 0 Å². The minimum atomic E-state index is -3.79. The molecule has 2 aliphatic rings. The van der Waals surface area contributed by atoms with Crippen molar-refractivity contribution < 1.29 is 18.0 Å². The van der Waals surface area contributed by atoms with E-state index in [4.69, 9.17) is 11.6 Å². The molecule has 1 aliphatic carbocycles. The zero-order valence-electron chi connectivity index (χ0n) is 17.6. The summed E-state index contributed by atoms with van der Waals surface area (Å²) in [5.41, 5.74) is 1.28. The summed E-state index contributed by atoms with van der Waals surface area (Å²) in [6, 6.07) is 11.1. The molecule has 2 N–H and O–H groups in total. The average molecular weight is 476 g/mol. The third-order valence-electron chi connectivity index (χ3n) is 5.71. The van der Waals surface area contributed by atoms with Crippen LogP contribution in [-0.2, 0) is 14.8 Å². The predicted octanol–water partition coefficient (Wildman–Crippen LogP) is 4.51. The number of nitrogens with one attached hydrogen (secondary N) is 2. The molecule has 1 aliphatic heterocycles. The van der Waals surface area contributed by atoms with Crippen molar-refractivity contribution in [3.8, 4) is 0 Å². The van der Waals surface area contributed by atoms with E-state index in [1.807, 2.05) is 0 Å². The molecular weight excluding hydrogens is 450 g/mol. The van der Waals surface area contributed by atoms with Gasteiger partial charge in [0.2, 0.25) is 15.9 Å². The highest BCUT2D eigenvalue weighted by molar-refractivity contribution is 7.89. The van der Waals surface area contributed by atoms with Crippen LogP contribution in [0, 0.1) is 5.92 Å². The second-order valence-corrected chi connectivity index (χ2v) is 10.6. The fourth-order valence-corrected chi connectivity index (χ4v) is 5.75. The van der Waals surface area contributed by atoms with Gasteiger partial charge in [-0.25, -0.2) is 8.42 Å². The third kappa shape index (κ3) is 5.31. The van der Waals surface area contributed by atoms with E-state index < -0.39 is 15.9 Å². The van der Waals surface area contributed by atoms with E-state index in [0.717, 1.165) is 38.5 Å². The van der Waals surface area contributed by atoms with Crippen molar-refractivity contribution in [1.82, 2.24) is 4.31 Å². The summed E-state index contributed by atoms with van der Waals surface area (Å²) in [7, 11) is -3.79. The Bertz CT molecular complexity index is 1120. The normalized spacial score (nSPS) is 17.4. The lowest BCUT2D eigenvalue weighted by Gasteiger charge is -2.21. The van der Waals surface area contributed by atoms with Gasteiger partial charge in [0.15, 0.2) is 0 Å². The number of halogens is 1. The van der Waals surface area contributed by atoms with E-state index in [9.17, 15) is 18.0 Å². The highest BCUT2D eigenvalue weighted by Crippen LogP contribution is 2.31. The highest BCUT2D eigenvalue weighted by atomic mass is 35.5. The molecule has 0 radical (unpaired) electrons. The Kier molecular flexibility index (Phi) is 6.83. The molecule has 0 aromatic heterocycles. The molecule has 170 valence electrons. The summed E-state index contributed by atoms with van der Waals surface area (Å²) in [5, 5.41) is 5.70. The van der Waals surface area contributed by atoms with Crippen LogP contribution in [0.4, 0.5) is 11.4 Å². The van der Waals surface area contributed by atoms with Crippen LogP contribution in [0.15, 0.2) is 47.4 Å². The van der Waals surface area contributed by atoms with Gasteiger partial charge in [0.25, 0.3) is 5.91 Å². The summed E-state index contributed by atoms with van der Waals surface area (Å²) >= 11 is 6.23. The Morgan fingerprint density at radius 2 is 1.56 bits per heavy atom. The molecular formula is C23H26ClN3O4S. The minimum absolute atomic E-state index is 0.0189. The molecule has 0 bridgehead atoms. The van der Waals surface area contributed by atoms with Crippen molar-refractivity contribution >= 4 is 44.8 Å². The molecule has 2 fully saturated rings. The Labute approximate surface area is 193 Å².